The van der Waals surface area contributed by atoms with E-state index in [2.05, 4.69) is 10.1 Å². The maximum Gasteiger partial charge on any atom is 0.296 e. The van der Waals surface area contributed by atoms with Crippen LogP contribution in [0.4, 0.5) is 0 Å². The molecule has 0 radical (unpaired) electrons. The molecule has 100 valence electrons. The molecule has 0 atom stereocenters. The van der Waals surface area contributed by atoms with Crippen molar-refractivity contribution in [3.63, 3.8) is 0 Å². The molecular weight excluding hydrogens is 301 g/mol. The number of aromatic amines is 1. The van der Waals surface area contributed by atoms with Crippen molar-refractivity contribution in [1.82, 2.24) is 14.8 Å². The molecule has 0 saturated heterocycles. The third kappa shape index (κ3) is 2.01. The highest BCUT2D eigenvalue weighted by atomic mass is 35.5. The van der Waals surface area contributed by atoms with E-state index >= 15 is 0 Å². The van der Waals surface area contributed by atoms with Gasteiger partial charge in [-0.1, -0.05) is 23.2 Å². The summed E-state index contributed by atoms with van der Waals surface area (Å²) in [6.07, 6.45) is 1.46. The predicted molar refractivity (Wildman–Crippen MR) is 78.0 cm³/mol. The molecule has 0 fully saturated rings. The summed E-state index contributed by atoms with van der Waals surface area (Å²) >= 11 is 11.7. The van der Waals surface area contributed by atoms with Gasteiger partial charge in [-0.15, -0.1) is 0 Å². The number of nitrogens with zero attached hydrogens (tertiary/aromatic N) is 2. The average Bonchev–Trinajstić information content (AvgIpc) is 2.46. The van der Waals surface area contributed by atoms with Gasteiger partial charge in [-0.05, 0) is 30.3 Å². The van der Waals surface area contributed by atoms with Crippen LogP contribution in [0.2, 0.25) is 10.0 Å². The Morgan fingerprint density at radius 2 is 1.90 bits per heavy atom. The van der Waals surface area contributed by atoms with Crippen molar-refractivity contribution in [3.05, 3.63) is 67.3 Å². The molecular formula is C13H7Cl2N3O2. The molecule has 0 unspecified atom stereocenters. The second-order valence-corrected chi connectivity index (χ2v) is 4.89. The zero-order valence-electron chi connectivity index (χ0n) is 9.93. The van der Waals surface area contributed by atoms with Crippen LogP contribution in [0, 0.1) is 0 Å². The van der Waals surface area contributed by atoms with Crippen LogP contribution >= 0.6 is 23.2 Å². The van der Waals surface area contributed by atoms with Crippen molar-refractivity contribution >= 4 is 34.1 Å². The molecule has 3 aromatic rings. The molecule has 2 heterocycles. The van der Waals surface area contributed by atoms with Gasteiger partial charge in [-0.3, -0.25) is 19.7 Å². The summed E-state index contributed by atoms with van der Waals surface area (Å²) in [6, 6.07) is 7.77. The number of nitrogens with one attached hydrogen (secondary N) is 1. The highest BCUT2D eigenvalue weighted by molar-refractivity contribution is 6.42. The van der Waals surface area contributed by atoms with Crippen LogP contribution in [0.1, 0.15) is 0 Å². The summed E-state index contributed by atoms with van der Waals surface area (Å²) in [5.74, 6) is 0. The summed E-state index contributed by atoms with van der Waals surface area (Å²) in [4.78, 5) is 28.2. The van der Waals surface area contributed by atoms with Crippen molar-refractivity contribution < 1.29 is 0 Å². The first-order chi connectivity index (χ1) is 9.58. The Balaban J connectivity index is 2.37. The number of hydrogen-bond acceptors (Lipinski definition) is 3. The Hall–Kier alpha value is -2.11. The first-order valence-corrected chi connectivity index (χ1v) is 6.39. The maximum absolute atomic E-state index is 12.3. The number of rotatable bonds is 1. The lowest BCUT2D eigenvalue weighted by atomic mass is 10.3. The molecule has 2 aromatic heterocycles. The largest absolute Gasteiger partial charge is 0.296 e. The zero-order valence-corrected chi connectivity index (χ0v) is 11.4. The van der Waals surface area contributed by atoms with Gasteiger partial charge in [-0.25, -0.2) is 4.68 Å². The SMILES string of the molecule is O=c1[nH]n(-c2ccc(Cl)c(Cl)c2)c(=O)c2ncccc12. The van der Waals surface area contributed by atoms with E-state index in [0.29, 0.717) is 10.7 Å². The van der Waals surface area contributed by atoms with Crippen molar-refractivity contribution in [3.8, 4) is 5.69 Å². The van der Waals surface area contributed by atoms with E-state index in [1.807, 2.05) is 0 Å². The van der Waals surface area contributed by atoms with E-state index < -0.39 is 11.1 Å². The molecule has 5 nitrogen and oxygen atoms in total. The van der Waals surface area contributed by atoms with E-state index in [1.165, 1.54) is 12.3 Å². The van der Waals surface area contributed by atoms with Crippen molar-refractivity contribution in [1.29, 1.82) is 0 Å². The van der Waals surface area contributed by atoms with Crippen LogP contribution in [-0.4, -0.2) is 14.8 Å². The summed E-state index contributed by atoms with van der Waals surface area (Å²) in [7, 11) is 0. The van der Waals surface area contributed by atoms with Gasteiger partial charge in [0.15, 0.2) is 0 Å². The Labute approximate surface area is 122 Å². The van der Waals surface area contributed by atoms with Gasteiger partial charge in [0.2, 0.25) is 0 Å². The van der Waals surface area contributed by atoms with E-state index in [-0.39, 0.29) is 15.9 Å². The van der Waals surface area contributed by atoms with Crippen LogP contribution < -0.4 is 11.1 Å². The Kier molecular flexibility index (Phi) is 3.08. The fourth-order valence-electron chi connectivity index (χ4n) is 1.88. The standard InChI is InChI=1S/C13H7Cl2N3O2/c14-9-4-3-7(6-10(9)15)18-13(20)11-8(12(19)17-18)2-1-5-16-11/h1-6H,(H,17,19). The van der Waals surface area contributed by atoms with Gasteiger partial charge in [0, 0.05) is 6.20 Å². The molecule has 0 aliphatic heterocycles. The van der Waals surface area contributed by atoms with Gasteiger partial charge in [0.1, 0.15) is 5.52 Å². The molecule has 0 amide bonds. The third-order valence-electron chi connectivity index (χ3n) is 2.83. The quantitative estimate of drug-likeness (QED) is 0.750. The van der Waals surface area contributed by atoms with E-state index in [0.717, 1.165) is 4.68 Å². The molecule has 0 saturated carbocycles. The number of H-pyrrole nitrogens is 1. The van der Waals surface area contributed by atoms with E-state index in [1.54, 1.807) is 24.3 Å². The first kappa shape index (κ1) is 12.9. The van der Waals surface area contributed by atoms with Crippen LogP contribution in [-0.2, 0) is 0 Å². The fraction of sp³-hybridized carbons (Fsp3) is 0. The highest BCUT2D eigenvalue weighted by Gasteiger charge is 2.10. The highest BCUT2D eigenvalue weighted by Crippen LogP contribution is 2.23. The van der Waals surface area contributed by atoms with E-state index in [9.17, 15) is 9.59 Å². The molecule has 0 aliphatic carbocycles. The topological polar surface area (TPSA) is 67.8 Å². The Bertz CT molecular complexity index is 931. The van der Waals surface area contributed by atoms with Gasteiger partial charge < -0.3 is 0 Å². The van der Waals surface area contributed by atoms with Crippen molar-refractivity contribution in [2.45, 2.75) is 0 Å². The molecule has 3 rings (SSSR count). The number of pyridine rings is 1. The van der Waals surface area contributed by atoms with Gasteiger partial charge >= 0.3 is 0 Å². The molecule has 1 N–H and O–H groups in total. The molecule has 0 spiro atoms. The van der Waals surface area contributed by atoms with Crippen LogP contribution in [0.5, 0.6) is 0 Å². The lowest BCUT2D eigenvalue weighted by Crippen LogP contribution is -2.29. The summed E-state index contributed by atoms with van der Waals surface area (Å²) in [5, 5.41) is 3.39. The first-order valence-electron chi connectivity index (χ1n) is 5.63. The Morgan fingerprint density at radius 3 is 2.65 bits per heavy atom. The molecule has 0 aliphatic rings. The minimum Gasteiger partial charge on any atom is -0.267 e. The summed E-state index contributed by atoms with van der Waals surface area (Å²) in [6.45, 7) is 0. The molecule has 20 heavy (non-hydrogen) atoms. The lowest BCUT2D eigenvalue weighted by molar-refractivity contribution is 0.798. The third-order valence-corrected chi connectivity index (χ3v) is 3.57. The minimum atomic E-state index is -0.432. The minimum absolute atomic E-state index is 0.0994. The van der Waals surface area contributed by atoms with Gasteiger partial charge in [0.25, 0.3) is 11.1 Å². The number of hydrogen-bond donors (Lipinski definition) is 1. The number of aromatic nitrogens is 3. The van der Waals surface area contributed by atoms with Crippen LogP contribution in [0.15, 0.2) is 46.1 Å². The second kappa shape index (κ2) is 4.77. The summed E-state index contributed by atoms with van der Waals surface area (Å²) < 4.78 is 1.10. The molecule has 1 aromatic carbocycles. The van der Waals surface area contributed by atoms with Gasteiger partial charge in [0.05, 0.1) is 21.1 Å². The van der Waals surface area contributed by atoms with Crippen molar-refractivity contribution in [2.75, 3.05) is 0 Å². The van der Waals surface area contributed by atoms with Crippen molar-refractivity contribution in [2.24, 2.45) is 0 Å². The normalized spacial score (nSPS) is 10.9. The predicted octanol–water partition coefficient (Wildman–Crippen LogP) is 2.38. The second-order valence-electron chi connectivity index (χ2n) is 4.08. The number of halogens is 2. The average molecular weight is 308 g/mol. The van der Waals surface area contributed by atoms with Crippen LogP contribution in [0.3, 0.4) is 0 Å². The lowest BCUT2D eigenvalue weighted by Gasteiger charge is -2.07. The summed E-state index contributed by atoms with van der Waals surface area (Å²) in [5.41, 5.74) is -0.325. The fourth-order valence-corrected chi connectivity index (χ4v) is 2.18. The molecule has 7 heteroatoms. The monoisotopic (exact) mass is 307 g/mol. The number of fused-ring (bicyclic) bond motifs is 1. The smallest absolute Gasteiger partial charge is 0.267 e. The number of benzene rings is 1. The molecule has 0 bridgehead atoms. The maximum atomic E-state index is 12.3. The Morgan fingerprint density at radius 1 is 1.10 bits per heavy atom. The van der Waals surface area contributed by atoms with Gasteiger partial charge in [-0.2, -0.15) is 0 Å². The van der Waals surface area contributed by atoms with Crippen LogP contribution in [0.25, 0.3) is 16.6 Å². The van der Waals surface area contributed by atoms with E-state index in [4.69, 9.17) is 23.2 Å². The zero-order chi connectivity index (χ0) is 14.3.